The zero-order valence-electron chi connectivity index (χ0n) is 19.9. The number of rotatable bonds is 6. The Hall–Kier alpha value is -1.00. The van der Waals surface area contributed by atoms with E-state index in [-0.39, 0.29) is 23.9 Å². The molecule has 3 rings (SSSR count). The van der Waals surface area contributed by atoms with Crippen molar-refractivity contribution in [2.24, 2.45) is 23.2 Å². The van der Waals surface area contributed by atoms with Crippen LogP contribution in [0.15, 0.2) is 35.5 Å². The molecule has 0 amide bonds. The average molecular weight is 437 g/mol. The zero-order valence-corrected chi connectivity index (χ0v) is 19.9. The summed E-state index contributed by atoms with van der Waals surface area (Å²) < 4.78 is 28.6. The Morgan fingerprint density at radius 3 is 2.58 bits per heavy atom. The molecule has 3 aliphatic rings. The van der Waals surface area contributed by atoms with Gasteiger partial charge in [0.1, 0.15) is 5.60 Å². The molecule has 0 aromatic heterocycles. The Morgan fingerprint density at radius 2 is 1.90 bits per heavy atom. The number of hydrogen-bond donors (Lipinski definition) is 2. The third-order valence-corrected chi connectivity index (χ3v) is 8.72. The molecule has 1 unspecified atom stereocenters. The van der Waals surface area contributed by atoms with Gasteiger partial charge < -0.3 is 10.2 Å². The van der Waals surface area contributed by atoms with E-state index in [0.29, 0.717) is 24.7 Å². The van der Waals surface area contributed by atoms with Gasteiger partial charge in [-0.15, -0.1) is 0 Å². The molecule has 2 N–H and O–H groups in total. The molecule has 0 aromatic carbocycles. The SMILES string of the molecule is C=C1CC[C@H](O)C/C1=C/C=C1\CCC[C@@]2(C)C1CC[C@@H]2[C@H](C)CCC(F)(F)C(C)(C)O. The van der Waals surface area contributed by atoms with Crippen molar-refractivity contribution in [1.82, 2.24) is 0 Å². The first-order valence-corrected chi connectivity index (χ1v) is 12.2. The molecule has 5 atom stereocenters. The first-order valence-electron chi connectivity index (χ1n) is 12.2. The molecule has 31 heavy (non-hydrogen) atoms. The fourth-order valence-corrected chi connectivity index (χ4v) is 6.53. The maximum Gasteiger partial charge on any atom is 0.275 e. The van der Waals surface area contributed by atoms with Crippen molar-refractivity contribution in [3.05, 3.63) is 35.5 Å². The summed E-state index contributed by atoms with van der Waals surface area (Å²) >= 11 is 0. The van der Waals surface area contributed by atoms with E-state index in [4.69, 9.17) is 0 Å². The average Bonchev–Trinajstić information content (AvgIpc) is 3.03. The summed E-state index contributed by atoms with van der Waals surface area (Å²) in [6.45, 7) is 11.1. The normalized spacial score (nSPS) is 36.1. The van der Waals surface area contributed by atoms with E-state index in [1.165, 1.54) is 25.0 Å². The van der Waals surface area contributed by atoms with Crippen LogP contribution in [0.1, 0.15) is 91.9 Å². The zero-order chi connectivity index (χ0) is 23.0. The van der Waals surface area contributed by atoms with Gasteiger partial charge in [0, 0.05) is 6.42 Å². The largest absolute Gasteiger partial charge is 0.393 e. The minimum Gasteiger partial charge on any atom is -0.393 e. The highest BCUT2D eigenvalue weighted by Gasteiger charge is 2.51. The van der Waals surface area contributed by atoms with Crippen molar-refractivity contribution >= 4 is 0 Å². The van der Waals surface area contributed by atoms with E-state index >= 15 is 0 Å². The first-order chi connectivity index (χ1) is 14.3. The van der Waals surface area contributed by atoms with Gasteiger partial charge in [-0.25, -0.2) is 8.78 Å². The number of aliphatic hydroxyl groups is 2. The van der Waals surface area contributed by atoms with Crippen LogP contribution in [0.3, 0.4) is 0 Å². The number of hydrogen-bond acceptors (Lipinski definition) is 2. The Morgan fingerprint density at radius 1 is 1.19 bits per heavy atom. The number of alkyl halides is 2. The molecule has 3 aliphatic carbocycles. The molecular weight excluding hydrogens is 394 g/mol. The van der Waals surface area contributed by atoms with Crippen molar-refractivity contribution in [3.8, 4) is 0 Å². The molecule has 0 radical (unpaired) electrons. The lowest BCUT2D eigenvalue weighted by molar-refractivity contribution is -0.168. The van der Waals surface area contributed by atoms with Gasteiger partial charge in [-0.1, -0.05) is 43.7 Å². The van der Waals surface area contributed by atoms with Crippen LogP contribution in [0, 0.1) is 23.2 Å². The maximum absolute atomic E-state index is 14.3. The molecule has 3 saturated carbocycles. The first kappa shape index (κ1) is 24.6. The quantitative estimate of drug-likeness (QED) is 0.471. The highest BCUT2D eigenvalue weighted by Crippen LogP contribution is 2.60. The smallest absolute Gasteiger partial charge is 0.275 e. The Bertz CT molecular complexity index is 730. The van der Waals surface area contributed by atoms with E-state index in [0.717, 1.165) is 50.5 Å². The van der Waals surface area contributed by atoms with Crippen LogP contribution in [-0.2, 0) is 0 Å². The molecule has 0 aromatic rings. The molecule has 0 bridgehead atoms. The van der Waals surface area contributed by atoms with Gasteiger partial charge in [0.15, 0.2) is 0 Å². The van der Waals surface area contributed by atoms with E-state index in [1.54, 1.807) is 0 Å². The highest BCUT2D eigenvalue weighted by atomic mass is 19.3. The molecule has 0 saturated heterocycles. The van der Waals surface area contributed by atoms with Gasteiger partial charge in [0.2, 0.25) is 0 Å². The van der Waals surface area contributed by atoms with E-state index in [1.807, 2.05) is 0 Å². The fourth-order valence-electron chi connectivity index (χ4n) is 6.53. The number of halogens is 2. The molecule has 3 fully saturated rings. The summed E-state index contributed by atoms with van der Waals surface area (Å²) in [5.74, 6) is -1.88. The van der Waals surface area contributed by atoms with Gasteiger partial charge in [0.25, 0.3) is 5.92 Å². The predicted octanol–water partition coefficient (Wildman–Crippen LogP) is 6.98. The third kappa shape index (κ3) is 5.16. The van der Waals surface area contributed by atoms with Crippen molar-refractivity contribution in [1.29, 1.82) is 0 Å². The van der Waals surface area contributed by atoms with E-state index in [9.17, 15) is 19.0 Å². The second-order valence-electron chi connectivity index (χ2n) is 11.3. The summed E-state index contributed by atoms with van der Waals surface area (Å²) in [6, 6.07) is 0. The van der Waals surface area contributed by atoms with Crippen molar-refractivity contribution in [2.45, 2.75) is 110 Å². The second kappa shape index (κ2) is 9.09. The molecule has 0 spiro atoms. The number of aliphatic hydroxyl groups excluding tert-OH is 1. The summed E-state index contributed by atoms with van der Waals surface area (Å²) in [7, 11) is 0. The van der Waals surface area contributed by atoms with Gasteiger partial charge in [-0.3, -0.25) is 0 Å². The molecule has 0 heterocycles. The van der Waals surface area contributed by atoms with Crippen LogP contribution in [0.5, 0.6) is 0 Å². The second-order valence-corrected chi connectivity index (χ2v) is 11.3. The molecule has 176 valence electrons. The van der Waals surface area contributed by atoms with Crippen molar-refractivity contribution in [3.63, 3.8) is 0 Å². The lowest BCUT2D eigenvalue weighted by Gasteiger charge is -2.44. The summed E-state index contributed by atoms with van der Waals surface area (Å²) in [5, 5.41) is 19.8. The summed E-state index contributed by atoms with van der Waals surface area (Å²) in [6.07, 6.45) is 12.4. The standard InChI is InChI=1S/C27H42F2O2/c1-18-8-11-22(30)17-21(18)10-9-20-7-6-15-26(5)23(12-13-24(20)26)19(2)14-16-27(28,29)25(3,4)31/h9-10,19,22-24,30-31H,1,6-8,11-17H2,2-5H3/b20-9+,21-10-/t19-,22+,23-,24?,26-/m1/s1. The van der Waals surface area contributed by atoms with Gasteiger partial charge in [-0.2, -0.15) is 0 Å². The van der Waals surface area contributed by atoms with Gasteiger partial charge in [-0.05, 0) is 100 Å². The van der Waals surface area contributed by atoms with Gasteiger partial charge in [0.05, 0.1) is 6.10 Å². The minimum atomic E-state index is -3.06. The lowest BCUT2D eigenvalue weighted by Crippen LogP contribution is -2.43. The molecule has 4 heteroatoms. The fraction of sp³-hybridized carbons (Fsp3) is 0.778. The Balaban J connectivity index is 1.71. The Kier molecular flexibility index (Phi) is 7.23. The van der Waals surface area contributed by atoms with E-state index < -0.39 is 11.5 Å². The number of fused-ring (bicyclic) bond motifs is 1. The lowest BCUT2D eigenvalue weighted by atomic mass is 9.60. The highest BCUT2D eigenvalue weighted by molar-refractivity contribution is 5.36. The van der Waals surface area contributed by atoms with Crippen LogP contribution in [-0.4, -0.2) is 27.8 Å². The third-order valence-electron chi connectivity index (χ3n) is 8.72. The van der Waals surface area contributed by atoms with Crippen molar-refractivity contribution < 1.29 is 19.0 Å². The maximum atomic E-state index is 14.3. The summed E-state index contributed by atoms with van der Waals surface area (Å²) in [5.41, 5.74) is 2.00. The van der Waals surface area contributed by atoms with Crippen molar-refractivity contribution in [2.75, 3.05) is 0 Å². The van der Waals surface area contributed by atoms with Crippen LogP contribution in [0.2, 0.25) is 0 Å². The predicted molar refractivity (Wildman–Crippen MR) is 123 cm³/mol. The molecular formula is C27H42F2O2. The monoisotopic (exact) mass is 436 g/mol. The van der Waals surface area contributed by atoms with Gasteiger partial charge >= 0.3 is 0 Å². The van der Waals surface area contributed by atoms with Crippen LogP contribution < -0.4 is 0 Å². The summed E-state index contributed by atoms with van der Waals surface area (Å²) in [4.78, 5) is 0. The van der Waals surface area contributed by atoms with Crippen LogP contribution >= 0.6 is 0 Å². The molecule has 0 aliphatic heterocycles. The molecule has 2 nitrogen and oxygen atoms in total. The van der Waals surface area contributed by atoms with Crippen LogP contribution in [0.4, 0.5) is 8.78 Å². The minimum absolute atomic E-state index is 0.162. The number of allylic oxidation sites excluding steroid dienone is 4. The Labute approximate surface area is 187 Å². The van der Waals surface area contributed by atoms with Crippen LogP contribution in [0.25, 0.3) is 0 Å². The topological polar surface area (TPSA) is 40.5 Å². The van der Waals surface area contributed by atoms with E-state index in [2.05, 4.69) is 32.6 Å².